The van der Waals surface area contributed by atoms with Gasteiger partial charge >= 0.3 is 0 Å². The predicted octanol–water partition coefficient (Wildman–Crippen LogP) is 7.63. The van der Waals surface area contributed by atoms with E-state index in [1.54, 1.807) is 0 Å². The Bertz CT molecular complexity index is 1360. The van der Waals surface area contributed by atoms with Crippen molar-refractivity contribution in [3.05, 3.63) is 126 Å². The monoisotopic (exact) mass is 475 g/mol. The van der Waals surface area contributed by atoms with E-state index >= 15 is 0 Å². The van der Waals surface area contributed by atoms with Gasteiger partial charge in [-0.1, -0.05) is 60.7 Å². The van der Waals surface area contributed by atoms with Gasteiger partial charge in [0, 0.05) is 41.3 Å². The lowest BCUT2D eigenvalue weighted by Crippen LogP contribution is -2.00. The Kier molecular flexibility index (Phi) is 8.07. The molecule has 182 valence electrons. The second-order valence-corrected chi connectivity index (χ2v) is 9.21. The molecule has 5 aromatic rings. The Labute approximate surface area is 213 Å². The van der Waals surface area contributed by atoms with Crippen molar-refractivity contribution in [1.82, 2.24) is 9.97 Å². The molecule has 0 fully saturated rings. The summed E-state index contributed by atoms with van der Waals surface area (Å²) in [5.74, 6) is 0. The molecule has 0 saturated carbocycles. The van der Waals surface area contributed by atoms with Crippen molar-refractivity contribution in [3.63, 3.8) is 0 Å². The summed E-state index contributed by atoms with van der Waals surface area (Å²) in [5.41, 5.74) is 8.38. The van der Waals surface area contributed by atoms with Crippen molar-refractivity contribution in [1.29, 1.82) is 0 Å². The van der Waals surface area contributed by atoms with Crippen LogP contribution in [0.2, 0.25) is 0 Å². The van der Waals surface area contributed by atoms with E-state index in [9.17, 15) is 0 Å². The van der Waals surface area contributed by atoms with Gasteiger partial charge in [-0.3, -0.25) is 4.98 Å². The third kappa shape index (κ3) is 6.61. The quantitative estimate of drug-likeness (QED) is 0.182. The first kappa shape index (κ1) is 23.8. The lowest BCUT2D eigenvalue weighted by molar-refractivity contribution is 0.116. The van der Waals surface area contributed by atoms with Crippen LogP contribution in [0.5, 0.6) is 0 Å². The maximum atomic E-state index is 5.86. The molecule has 0 radical (unpaired) electrons. The van der Waals surface area contributed by atoms with E-state index < -0.39 is 0 Å². The van der Waals surface area contributed by atoms with Crippen LogP contribution in [-0.4, -0.2) is 16.6 Å². The van der Waals surface area contributed by atoms with Gasteiger partial charge in [-0.05, 0) is 79.1 Å². The minimum atomic E-state index is 0.527. The molecule has 2 heterocycles. The van der Waals surface area contributed by atoms with Gasteiger partial charge in [0.25, 0.3) is 0 Å². The largest absolute Gasteiger partial charge is 0.375 e. The molecule has 0 saturated heterocycles. The number of ether oxygens (including phenoxy) is 1. The number of nitrogens with one attached hydrogen (secondary N) is 2. The second-order valence-electron chi connectivity index (χ2n) is 9.21. The van der Waals surface area contributed by atoms with E-state index in [0.717, 1.165) is 55.8 Å². The number of pyridine rings is 1. The Morgan fingerprint density at radius 3 is 2.39 bits per heavy atom. The number of nitrogens with zero attached hydrogens (tertiary/aromatic N) is 1. The minimum Gasteiger partial charge on any atom is -0.375 e. The lowest BCUT2D eigenvalue weighted by atomic mass is 10.0. The molecule has 0 amide bonds. The van der Waals surface area contributed by atoms with Gasteiger partial charge in [-0.15, -0.1) is 0 Å². The third-order valence-corrected chi connectivity index (χ3v) is 6.49. The number of fused-ring (bicyclic) bond motifs is 1. The van der Waals surface area contributed by atoms with E-state index in [4.69, 9.17) is 4.74 Å². The van der Waals surface area contributed by atoms with Gasteiger partial charge in [0.1, 0.15) is 0 Å². The van der Waals surface area contributed by atoms with Crippen molar-refractivity contribution in [3.8, 4) is 0 Å². The predicted molar refractivity (Wildman–Crippen MR) is 149 cm³/mol. The number of aryl methyl sites for hydroxylation is 3. The van der Waals surface area contributed by atoms with Crippen molar-refractivity contribution < 1.29 is 4.74 Å². The number of benzene rings is 3. The Morgan fingerprint density at radius 1 is 0.722 bits per heavy atom. The Hall–Kier alpha value is -3.89. The van der Waals surface area contributed by atoms with E-state index in [0.29, 0.717) is 6.61 Å². The molecule has 0 spiro atoms. The van der Waals surface area contributed by atoms with Crippen LogP contribution in [0.15, 0.2) is 103 Å². The number of H-pyrrole nitrogens is 1. The highest BCUT2D eigenvalue weighted by Crippen LogP contribution is 2.21. The molecular formula is C32H33N3O. The first-order chi connectivity index (χ1) is 17.8. The lowest BCUT2D eigenvalue weighted by Gasteiger charge is -2.10. The summed E-state index contributed by atoms with van der Waals surface area (Å²) in [5, 5.41) is 4.83. The summed E-state index contributed by atoms with van der Waals surface area (Å²) in [6, 6.07) is 31.9. The molecule has 3 aromatic carbocycles. The van der Waals surface area contributed by atoms with Crippen LogP contribution in [-0.2, 0) is 30.6 Å². The first-order valence-corrected chi connectivity index (χ1v) is 12.8. The maximum absolute atomic E-state index is 5.86. The van der Waals surface area contributed by atoms with Crippen LogP contribution in [0, 0.1) is 0 Å². The zero-order valence-electron chi connectivity index (χ0n) is 20.6. The van der Waals surface area contributed by atoms with E-state index in [-0.39, 0.29) is 0 Å². The molecule has 0 aliphatic rings. The minimum absolute atomic E-state index is 0.527. The Morgan fingerprint density at radius 2 is 1.50 bits per heavy atom. The fourth-order valence-corrected chi connectivity index (χ4v) is 4.58. The van der Waals surface area contributed by atoms with Gasteiger partial charge in [-0.2, -0.15) is 0 Å². The summed E-state index contributed by atoms with van der Waals surface area (Å²) >= 11 is 0. The van der Waals surface area contributed by atoms with Gasteiger partial charge in [0.2, 0.25) is 0 Å². The second kappa shape index (κ2) is 12.2. The fourth-order valence-electron chi connectivity index (χ4n) is 4.58. The van der Waals surface area contributed by atoms with Gasteiger partial charge in [-0.25, -0.2) is 0 Å². The number of aromatic nitrogens is 2. The van der Waals surface area contributed by atoms with Crippen molar-refractivity contribution in [2.75, 3.05) is 11.9 Å². The summed E-state index contributed by atoms with van der Waals surface area (Å²) in [6.07, 6.45) is 9.32. The van der Waals surface area contributed by atoms with E-state index in [1.807, 2.05) is 12.3 Å². The SMILES string of the molecule is c1ccc(CCCOCc2cc(Nc3ccc(CCCc4c[nH]c5ccccc45)cc3)ccn2)cc1. The average Bonchev–Trinajstić information content (AvgIpc) is 3.33. The zero-order valence-corrected chi connectivity index (χ0v) is 20.6. The molecular weight excluding hydrogens is 442 g/mol. The van der Waals surface area contributed by atoms with Crippen LogP contribution >= 0.6 is 0 Å². The molecule has 0 unspecified atom stereocenters. The normalized spacial score (nSPS) is 11.1. The molecule has 5 rings (SSSR count). The first-order valence-electron chi connectivity index (χ1n) is 12.8. The van der Waals surface area contributed by atoms with Crippen LogP contribution in [0.1, 0.15) is 35.2 Å². The smallest absolute Gasteiger partial charge is 0.0888 e. The van der Waals surface area contributed by atoms with Gasteiger partial charge in [0.15, 0.2) is 0 Å². The van der Waals surface area contributed by atoms with Crippen LogP contribution in [0.25, 0.3) is 10.9 Å². The van der Waals surface area contributed by atoms with Gasteiger partial charge in [0.05, 0.1) is 12.3 Å². The molecule has 0 bridgehead atoms. The molecule has 4 heteroatoms. The molecule has 0 atom stereocenters. The van der Waals surface area contributed by atoms with Crippen LogP contribution < -0.4 is 5.32 Å². The van der Waals surface area contributed by atoms with Crippen molar-refractivity contribution >= 4 is 22.3 Å². The highest BCUT2D eigenvalue weighted by Gasteiger charge is 2.04. The Balaban J connectivity index is 1.06. The highest BCUT2D eigenvalue weighted by atomic mass is 16.5. The number of aromatic amines is 1. The average molecular weight is 476 g/mol. The standard InChI is InChI=1S/C32H33N3O/c1-2-8-25(9-3-1)11-7-21-36-24-30-22-29(19-20-33-30)35-28-17-15-26(16-18-28)10-6-12-27-23-34-32-14-5-4-13-31(27)32/h1-5,8-9,13-20,22-23,34H,6-7,10-12,21,24H2,(H,33,35). The summed E-state index contributed by atoms with van der Waals surface area (Å²) in [6.45, 7) is 1.26. The summed E-state index contributed by atoms with van der Waals surface area (Å²) < 4.78 is 5.86. The molecule has 0 aliphatic carbocycles. The van der Waals surface area contributed by atoms with E-state index in [1.165, 1.54) is 27.6 Å². The molecule has 0 aliphatic heterocycles. The van der Waals surface area contributed by atoms with Crippen molar-refractivity contribution in [2.45, 2.75) is 38.7 Å². The molecule has 4 nitrogen and oxygen atoms in total. The number of anilines is 2. The number of hydrogen-bond acceptors (Lipinski definition) is 3. The van der Waals surface area contributed by atoms with Crippen molar-refractivity contribution in [2.24, 2.45) is 0 Å². The third-order valence-electron chi connectivity index (χ3n) is 6.49. The van der Waals surface area contributed by atoms with Crippen LogP contribution in [0.4, 0.5) is 11.4 Å². The number of rotatable bonds is 12. The van der Waals surface area contributed by atoms with Crippen LogP contribution in [0.3, 0.4) is 0 Å². The molecule has 2 aromatic heterocycles. The highest BCUT2D eigenvalue weighted by molar-refractivity contribution is 5.83. The van der Waals surface area contributed by atoms with E-state index in [2.05, 4.69) is 106 Å². The molecule has 2 N–H and O–H groups in total. The van der Waals surface area contributed by atoms with Gasteiger partial charge < -0.3 is 15.0 Å². The topological polar surface area (TPSA) is 49.9 Å². The summed E-state index contributed by atoms with van der Waals surface area (Å²) in [7, 11) is 0. The zero-order chi connectivity index (χ0) is 24.4. The fraction of sp³-hybridized carbons (Fsp3) is 0.219. The number of hydrogen-bond donors (Lipinski definition) is 2. The number of para-hydroxylation sites is 1. The summed E-state index contributed by atoms with van der Waals surface area (Å²) in [4.78, 5) is 7.83. The molecule has 36 heavy (non-hydrogen) atoms. The maximum Gasteiger partial charge on any atom is 0.0888 e.